The van der Waals surface area contributed by atoms with Crippen LogP contribution in [0, 0.1) is 0 Å². The van der Waals surface area contributed by atoms with Gasteiger partial charge in [-0.15, -0.1) is 0 Å². The first-order valence-electron chi connectivity index (χ1n) is 8.22. The molecule has 0 aromatic heterocycles. The zero-order valence-electron chi connectivity index (χ0n) is 14.2. The van der Waals surface area contributed by atoms with Gasteiger partial charge >= 0.3 is 6.18 Å². The van der Waals surface area contributed by atoms with Crippen LogP contribution in [0.5, 0.6) is 0 Å². The SMILES string of the molecule is O=C(NCc1ccc(C(F)(F)F)cc1)c1cccc(N2CCCS2(=O)=O)c1. The highest BCUT2D eigenvalue weighted by Crippen LogP contribution is 2.29. The van der Waals surface area contributed by atoms with E-state index < -0.39 is 27.7 Å². The second kappa shape index (κ2) is 7.22. The summed E-state index contributed by atoms with van der Waals surface area (Å²) < 4.78 is 62.9. The highest BCUT2D eigenvalue weighted by molar-refractivity contribution is 7.93. The minimum absolute atomic E-state index is 0.0587. The summed E-state index contributed by atoms with van der Waals surface area (Å²) in [5, 5.41) is 2.62. The van der Waals surface area contributed by atoms with Crippen molar-refractivity contribution in [3.05, 3.63) is 65.2 Å². The average Bonchev–Trinajstić information content (AvgIpc) is 2.98. The van der Waals surface area contributed by atoms with Gasteiger partial charge in [0.05, 0.1) is 17.0 Å². The van der Waals surface area contributed by atoms with Crippen LogP contribution in [0.25, 0.3) is 0 Å². The van der Waals surface area contributed by atoms with Crippen LogP contribution in [0.3, 0.4) is 0 Å². The molecule has 2 aromatic rings. The van der Waals surface area contributed by atoms with Gasteiger partial charge < -0.3 is 5.32 Å². The van der Waals surface area contributed by atoms with E-state index in [4.69, 9.17) is 0 Å². The maximum absolute atomic E-state index is 12.6. The Balaban J connectivity index is 1.67. The molecule has 0 unspecified atom stereocenters. The topological polar surface area (TPSA) is 66.5 Å². The molecule has 1 amide bonds. The lowest BCUT2D eigenvalue weighted by Crippen LogP contribution is -2.26. The smallest absolute Gasteiger partial charge is 0.348 e. The van der Waals surface area contributed by atoms with Gasteiger partial charge in [0.25, 0.3) is 5.91 Å². The van der Waals surface area contributed by atoms with Gasteiger partial charge in [-0.05, 0) is 42.3 Å². The lowest BCUT2D eigenvalue weighted by atomic mass is 10.1. The Labute approximate surface area is 154 Å². The number of nitrogens with one attached hydrogen (secondary N) is 1. The van der Waals surface area contributed by atoms with Crippen molar-refractivity contribution in [1.82, 2.24) is 5.32 Å². The molecule has 1 aliphatic heterocycles. The van der Waals surface area contributed by atoms with Crippen molar-refractivity contribution in [2.45, 2.75) is 19.1 Å². The minimum atomic E-state index is -4.40. The Kier molecular flexibility index (Phi) is 5.14. The number of halogens is 3. The first-order chi connectivity index (χ1) is 12.7. The Morgan fingerprint density at radius 1 is 1.11 bits per heavy atom. The minimum Gasteiger partial charge on any atom is -0.348 e. The normalized spacial score (nSPS) is 16.3. The summed E-state index contributed by atoms with van der Waals surface area (Å²) in [7, 11) is -3.34. The molecule has 0 bridgehead atoms. The van der Waals surface area contributed by atoms with E-state index in [1.54, 1.807) is 18.2 Å². The summed E-state index contributed by atoms with van der Waals surface area (Å²) in [6.07, 6.45) is -3.87. The third-order valence-corrected chi connectivity index (χ3v) is 6.10. The Bertz CT molecular complexity index is 941. The molecular weight excluding hydrogens is 381 g/mol. The van der Waals surface area contributed by atoms with Gasteiger partial charge in [-0.1, -0.05) is 18.2 Å². The summed E-state index contributed by atoms with van der Waals surface area (Å²) in [6, 6.07) is 10.8. The van der Waals surface area contributed by atoms with Crippen LogP contribution in [0.2, 0.25) is 0 Å². The van der Waals surface area contributed by atoms with E-state index >= 15 is 0 Å². The summed E-state index contributed by atoms with van der Waals surface area (Å²) in [5.74, 6) is -0.356. The van der Waals surface area contributed by atoms with E-state index in [9.17, 15) is 26.4 Å². The van der Waals surface area contributed by atoms with E-state index in [0.29, 0.717) is 24.2 Å². The maximum Gasteiger partial charge on any atom is 0.416 e. The van der Waals surface area contributed by atoms with E-state index in [0.717, 1.165) is 12.1 Å². The molecule has 0 aliphatic carbocycles. The Hall–Kier alpha value is -2.55. The maximum atomic E-state index is 12.6. The van der Waals surface area contributed by atoms with Crippen molar-refractivity contribution in [1.29, 1.82) is 0 Å². The molecule has 0 spiro atoms. The number of hydrogen-bond acceptors (Lipinski definition) is 3. The molecule has 1 fully saturated rings. The number of benzene rings is 2. The van der Waals surface area contributed by atoms with Crippen LogP contribution in [0.4, 0.5) is 18.9 Å². The quantitative estimate of drug-likeness (QED) is 0.860. The van der Waals surface area contributed by atoms with Crippen LogP contribution in [0.15, 0.2) is 48.5 Å². The standard InChI is InChI=1S/C18H17F3N2O3S/c19-18(20,21)15-7-5-13(6-8-15)12-22-17(24)14-3-1-4-16(11-14)23-9-2-10-27(23,25)26/h1,3-8,11H,2,9-10,12H2,(H,22,24). The van der Waals surface area contributed by atoms with Gasteiger partial charge in [-0.2, -0.15) is 13.2 Å². The molecule has 9 heteroatoms. The van der Waals surface area contributed by atoms with Gasteiger partial charge in [0.15, 0.2) is 0 Å². The van der Waals surface area contributed by atoms with Crippen molar-refractivity contribution in [2.75, 3.05) is 16.6 Å². The number of hydrogen-bond donors (Lipinski definition) is 1. The van der Waals surface area contributed by atoms with E-state index in [2.05, 4.69) is 5.32 Å². The number of amides is 1. The Morgan fingerprint density at radius 2 is 1.81 bits per heavy atom. The third kappa shape index (κ3) is 4.41. The zero-order valence-corrected chi connectivity index (χ0v) is 15.0. The zero-order chi connectivity index (χ0) is 19.7. The van der Waals surface area contributed by atoms with Crippen LogP contribution in [-0.2, 0) is 22.7 Å². The monoisotopic (exact) mass is 398 g/mol. The van der Waals surface area contributed by atoms with Crippen LogP contribution in [0.1, 0.15) is 27.9 Å². The van der Waals surface area contributed by atoms with Crippen molar-refractivity contribution in [3.63, 3.8) is 0 Å². The number of carbonyl (C=O) groups excluding carboxylic acids is 1. The van der Waals surface area contributed by atoms with E-state index in [1.165, 1.54) is 22.5 Å². The van der Waals surface area contributed by atoms with Crippen LogP contribution < -0.4 is 9.62 Å². The van der Waals surface area contributed by atoms with Crippen molar-refractivity contribution >= 4 is 21.6 Å². The van der Waals surface area contributed by atoms with Crippen molar-refractivity contribution in [2.24, 2.45) is 0 Å². The van der Waals surface area contributed by atoms with E-state index in [1.807, 2.05) is 0 Å². The summed E-state index contributed by atoms with van der Waals surface area (Å²) in [6.45, 7) is 0.433. The molecular formula is C18H17F3N2O3S. The first kappa shape index (κ1) is 19.2. The van der Waals surface area contributed by atoms with Gasteiger partial charge in [0.1, 0.15) is 0 Å². The molecule has 2 aromatic carbocycles. The van der Waals surface area contributed by atoms with Crippen LogP contribution >= 0.6 is 0 Å². The predicted molar refractivity (Wildman–Crippen MR) is 94.8 cm³/mol. The molecule has 1 saturated heterocycles. The molecule has 1 aliphatic rings. The van der Waals surface area contributed by atoms with Crippen LogP contribution in [-0.4, -0.2) is 26.6 Å². The van der Waals surface area contributed by atoms with E-state index in [-0.39, 0.29) is 17.9 Å². The second-order valence-electron chi connectivity index (χ2n) is 6.17. The predicted octanol–water partition coefficient (Wildman–Crippen LogP) is 3.18. The molecule has 5 nitrogen and oxygen atoms in total. The molecule has 1 heterocycles. The molecule has 3 rings (SSSR count). The third-order valence-electron chi connectivity index (χ3n) is 4.23. The Morgan fingerprint density at radius 3 is 2.41 bits per heavy atom. The number of anilines is 1. The van der Waals surface area contributed by atoms with Gasteiger partial charge in [0.2, 0.25) is 10.0 Å². The van der Waals surface area contributed by atoms with Gasteiger partial charge in [0, 0.05) is 18.7 Å². The number of rotatable bonds is 4. The molecule has 0 saturated carbocycles. The molecule has 1 N–H and O–H groups in total. The summed E-state index contributed by atoms with van der Waals surface area (Å²) >= 11 is 0. The van der Waals surface area contributed by atoms with Crippen molar-refractivity contribution in [3.8, 4) is 0 Å². The fraction of sp³-hybridized carbons (Fsp3) is 0.278. The number of alkyl halides is 3. The lowest BCUT2D eigenvalue weighted by Gasteiger charge is -2.17. The lowest BCUT2D eigenvalue weighted by molar-refractivity contribution is -0.137. The second-order valence-corrected chi connectivity index (χ2v) is 8.18. The molecule has 27 heavy (non-hydrogen) atoms. The summed E-state index contributed by atoms with van der Waals surface area (Å²) in [5.41, 5.74) is 0.475. The largest absolute Gasteiger partial charge is 0.416 e. The molecule has 144 valence electrons. The number of carbonyl (C=O) groups is 1. The highest BCUT2D eigenvalue weighted by Gasteiger charge is 2.30. The summed E-state index contributed by atoms with van der Waals surface area (Å²) in [4.78, 5) is 12.3. The van der Waals surface area contributed by atoms with Gasteiger partial charge in [-0.3, -0.25) is 9.10 Å². The fourth-order valence-corrected chi connectivity index (χ4v) is 4.38. The molecule has 0 radical (unpaired) electrons. The fourth-order valence-electron chi connectivity index (χ4n) is 2.83. The highest BCUT2D eigenvalue weighted by atomic mass is 32.2. The van der Waals surface area contributed by atoms with Crippen molar-refractivity contribution < 1.29 is 26.4 Å². The molecule has 0 atom stereocenters. The number of sulfonamides is 1. The average molecular weight is 398 g/mol. The first-order valence-corrected chi connectivity index (χ1v) is 9.82. The number of nitrogens with zero attached hydrogens (tertiary/aromatic N) is 1. The van der Waals surface area contributed by atoms with Gasteiger partial charge in [-0.25, -0.2) is 8.42 Å².